The van der Waals surface area contributed by atoms with Gasteiger partial charge in [-0.25, -0.2) is 4.98 Å². The van der Waals surface area contributed by atoms with E-state index in [0.717, 1.165) is 11.4 Å². The van der Waals surface area contributed by atoms with E-state index in [4.69, 9.17) is 12.2 Å². The van der Waals surface area contributed by atoms with Crippen LogP contribution in [-0.4, -0.2) is 10.1 Å². The number of thiocarbonyl (C=S) groups is 1. The molecule has 0 fully saturated rings. The van der Waals surface area contributed by atoms with Crippen molar-refractivity contribution in [3.63, 3.8) is 0 Å². The summed E-state index contributed by atoms with van der Waals surface area (Å²) in [4.78, 5) is 4.33. The zero-order chi connectivity index (χ0) is 17.0. The topological polar surface area (TPSA) is 37.0 Å². The molecule has 2 rings (SSSR count). The molecule has 2 N–H and O–H groups in total. The summed E-state index contributed by atoms with van der Waals surface area (Å²) < 4.78 is 0. The van der Waals surface area contributed by atoms with E-state index in [1.54, 1.807) is 0 Å². The van der Waals surface area contributed by atoms with Gasteiger partial charge < -0.3 is 10.6 Å². The van der Waals surface area contributed by atoms with Gasteiger partial charge in [-0.3, -0.25) is 0 Å². The largest absolute Gasteiger partial charge is 0.355 e. The Labute approximate surface area is 144 Å². The van der Waals surface area contributed by atoms with E-state index in [1.165, 1.54) is 16.7 Å². The monoisotopic (exact) mass is 327 g/mol. The Morgan fingerprint density at radius 2 is 1.74 bits per heavy atom. The maximum absolute atomic E-state index is 5.47. The van der Waals surface area contributed by atoms with Gasteiger partial charge >= 0.3 is 0 Å². The average molecular weight is 327 g/mol. The highest BCUT2D eigenvalue weighted by atomic mass is 32.1. The third kappa shape index (κ3) is 4.76. The van der Waals surface area contributed by atoms with Crippen LogP contribution >= 0.6 is 12.2 Å². The molecular weight excluding hydrogens is 302 g/mol. The van der Waals surface area contributed by atoms with Gasteiger partial charge in [0, 0.05) is 6.20 Å². The molecule has 0 amide bonds. The SMILES string of the molecule is Cc1ccc(NC(=S)NC(c2ccc(C)cc2C)C(C)C)nc1. The van der Waals surface area contributed by atoms with E-state index in [9.17, 15) is 0 Å². The lowest BCUT2D eigenvalue weighted by Gasteiger charge is -2.26. The lowest BCUT2D eigenvalue weighted by atomic mass is 9.92. The first-order chi connectivity index (χ1) is 10.9. The van der Waals surface area contributed by atoms with Gasteiger partial charge in [0.15, 0.2) is 5.11 Å². The Balaban J connectivity index is 2.12. The third-order valence-corrected chi connectivity index (χ3v) is 4.09. The van der Waals surface area contributed by atoms with Crippen molar-refractivity contribution in [1.82, 2.24) is 10.3 Å². The first-order valence-corrected chi connectivity index (χ1v) is 8.35. The van der Waals surface area contributed by atoms with Crippen molar-refractivity contribution in [2.75, 3.05) is 5.32 Å². The number of benzene rings is 1. The molecule has 4 heteroatoms. The standard InChI is InChI=1S/C19H25N3S/c1-12(2)18(16-8-6-13(3)10-15(16)5)22-19(23)21-17-9-7-14(4)11-20-17/h6-12,18H,1-5H3,(H2,20,21,22,23). The van der Waals surface area contributed by atoms with Gasteiger partial charge in [-0.05, 0) is 61.7 Å². The van der Waals surface area contributed by atoms with Gasteiger partial charge in [-0.1, -0.05) is 43.7 Å². The van der Waals surface area contributed by atoms with Crippen LogP contribution in [0.3, 0.4) is 0 Å². The number of anilines is 1. The van der Waals surface area contributed by atoms with Crippen LogP contribution in [0.1, 0.15) is 42.1 Å². The van der Waals surface area contributed by atoms with Crippen LogP contribution in [0.5, 0.6) is 0 Å². The maximum atomic E-state index is 5.47. The fraction of sp³-hybridized carbons (Fsp3) is 0.368. The second-order valence-electron chi connectivity index (χ2n) is 6.40. The molecule has 1 aromatic carbocycles. The fourth-order valence-electron chi connectivity index (χ4n) is 2.61. The lowest BCUT2D eigenvalue weighted by Crippen LogP contribution is -2.35. The molecule has 1 aromatic heterocycles. The van der Waals surface area contributed by atoms with Gasteiger partial charge in [0.2, 0.25) is 0 Å². The van der Waals surface area contributed by atoms with Crippen molar-refractivity contribution in [3.8, 4) is 0 Å². The van der Waals surface area contributed by atoms with E-state index in [-0.39, 0.29) is 6.04 Å². The average Bonchev–Trinajstić information content (AvgIpc) is 2.48. The normalized spacial score (nSPS) is 12.1. The van der Waals surface area contributed by atoms with E-state index >= 15 is 0 Å². The molecule has 23 heavy (non-hydrogen) atoms. The molecule has 0 spiro atoms. The van der Waals surface area contributed by atoms with E-state index < -0.39 is 0 Å². The Morgan fingerprint density at radius 1 is 1.04 bits per heavy atom. The number of nitrogens with one attached hydrogen (secondary N) is 2. The minimum absolute atomic E-state index is 0.168. The second-order valence-corrected chi connectivity index (χ2v) is 6.81. The molecular formula is C19H25N3S. The van der Waals surface area contributed by atoms with Crippen molar-refractivity contribution in [2.24, 2.45) is 5.92 Å². The second kappa shape index (κ2) is 7.55. The number of aryl methyl sites for hydroxylation is 3. The molecule has 2 aromatic rings. The van der Waals surface area contributed by atoms with E-state index in [1.807, 2.05) is 25.3 Å². The van der Waals surface area contributed by atoms with Crippen LogP contribution in [0.2, 0.25) is 0 Å². The highest BCUT2D eigenvalue weighted by molar-refractivity contribution is 7.80. The summed E-state index contributed by atoms with van der Waals surface area (Å²) >= 11 is 5.47. The Hall–Kier alpha value is -1.94. The van der Waals surface area contributed by atoms with Gasteiger partial charge in [0.05, 0.1) is 6.04 Å². The number of pyridine rings is 1. The Kier molecular flexibility index (Phi) is 5.72. The van der Waals surface area contributed by atoms with Crippen LogP contribution in [0.15, 0.2) is 36.5 Å². The molecule has 1 atom stereocenters. The molecule has 0 aliphatic heterocycles. The predicted octanol–water partition coefficient (Wildman–Crippen LogP) is 4.69. The molecule has 1 unspecified atom stereocenters. The summed E-state index contributed by atoms with van der Waals surface area (Å²) in [5.41, 5.74) is 4.97. The first kappa shape index (κ1) is 17.4. The molecule has 1 heterocycles. The highest BCUT2D eigenvalue weighted by Gasteiger charge is 2.18. The zero-order valence-electron chi connectivity index (χ0n) is 14.5. The minimum Gasteiger partial charge on any atom is -0.355 e. The summed E-state index contributed by atoms with van der Waals surface area (Å²) in [7, 11) is 0. The first-order valence-electron chi connectivity index (χ1n) is 7.94. The predicted molar refractivity (Wildman–Crippen MR) is 102 cm³/mol. The van der Waals surface area contributed by atoms with Crippen LogP contribution in [0, 0.1) is 26.7 Å². The highest BCUT2D eigenvalue weighted by Crippen LogP contribution is 2.25. The van der Waals surface area contributed by atoms with Gasteiger partial charge in [-0.2, -0.15) is 0 Å². The van der Waals surface area contributed by atoms with E-state index in [0.29, 0.717) is 11.0 Å². The van der Waals surface area contributed by atoms with Crippen molar-refractivity contribution < 1.29 is 0 Å². The van der Waals surface area contributed by atoms with Crippen LogP contribution < -0.4 is 10.6 Å². The third-order valence-electron chi connectivity index (χ3n) is 3.87. The molecule has 3 nitrogen and oxygen atoms in total. The molecule has 0 bridgehead atoms. The molecule has 0 saturated carbocycles. The number of rotatable bonds is 4. The summed E-state index contributed by atoms with van der Waals surface area (Å²) in [6.45, 7) is 10.7. The minimum atomic E-state index is 0.168. The molecule has 0 aliphatic carbocycles. The molecule has 0 aliphatic rings. The number of nitrogens with zero attached hydrogens (tertiary/aromatic N) is 1. The maximum Gasteiger partial charge on any atom is 0.172 e. The van der Waals surface area contributed by atoms with Gasteiger partial charge in [0.1, 0.15) is 5.82 Å². The van der Waals surface area contributed by atoms with Gasteiger partial charge in [-0.15, -0.1) is 0 Å². The molecule has 122 valence electrons. The fourth-order valence-corrected chi connectivity index (χ4v) is 2.85. The van der Waals surface area contributed by atoms with Crippen molar-refractivity contribution in [3.05, 3.63) is 58.8 Å². The molecule has 0 radical (unpaired) electrons. The Bertz CT molecular complexity index is 678. The smallest absolute Gasteiger partial charge is 0.172 e. The van der Waals surface area contributed by atoms with Crippen molar-refractivity contribution in [1.29, 1.82) is 0 Å². The quantitative estimate of drug-likeness (QED) is 0.799. The molecule has 0 saturated heterocycles. The summed E-state index contributed by atoms with van der Waals surface area (Å²) in [5, 5.41) is 7.20. The van der Waals surface area contributed by atoms with Crippen molar-refractivity contribution in [2.45, 2.75) is 40.7 Å². The summed E-state index contributed by atoms with van der Waals surface area (Å²) in [6.07, 6.45) is 1.83. The summed E-state index contributed by atoms with van der Waals surface area (Å²) in [6, 6.07) is 10.7. The number of aromatic nitrogens is 1. The lowest BCUT2D eigenvalue weighted by molar-refractivity contribution is 0.471. The number of hydrogen-bond acceptors (Lipinski definition) is 2. The van der Waals surface area contributed by atoms with Crippen molar-refractivity contribution >= 4 is 23.1 Å². The van der Waals surface area contributed by atoms with Gasteiger partial charge in [0.25, 0.3) is 0 Å². The van der Waals surface area contributed by atoms with E-state index in [2.05, 4.69) is 61.5 Å². The van der Waals surface area contributed by atoms with Crippen LogP contribution in [0.25, 0.3) is 0 Å². The Morgan fingerprint density at radius 3 is 2.30 bits per heavy atom. The van der Waals surface area contributed by atoms with Crippen LogP contribution in [0.4, 0.5) is 5.82 Å². The van der Waals surface area contributed by atoms with Crippen LogP contribution in [-0.2, 0) is 0 Å². The number of hydrogen-bond donors (Lipinski definition) is 2. The zero-order valence-corrected chi connectivity index (χ0v) is 15.3. The summed E-state index contributed by atoms with van der Waals surface area (Å²) in [5.74, 6) is 1.18.